The Bertz CT molecular complexity index is 1050. The number of rotatable bonds is 4. The number of fused-ring (bicyclic) bond motifs is 5. The molecule has 0 saturated heterocycles. The van der Waals surface area contributed by atoms with Crippen molar-refractivity contribution >= 4 is 22.7 Å². The highest BCUT2D eigenvalue weighted by Crippen LogP contribution is 2.47. The van der Waals surface area contributed by atoms with Gasteiger partial charge in [-0.1, -0.05) is 46.8 Å². The minimum atomic E-state index is -1.17. The summed E-state index contributed by atoms with van der Waals surface area (Å²) in [4.78, 5) is 26.8. The van der Waals surface area contributed by atoms with Gasteiger partial charge in [0.25, 0.3) is 0 Å². The molecule has 7 heteroatoms. The summed E-state index contributed by atoms with van der Waals surface area (Å²) in [6.07, 6.45) is 2.46. The van der Waals surface area contributed by atoms with Gasteiger partial charge in [0.1, 0.15) is 16.8 Å². The Morgan fingerprint density at radius 3 is 2.70 bits per heavy atom. The average Bonchev–Trinajstić information content (AvgIpc) is 3.06. The molecule has 0 spiro atoms. The maximum Gasteiger partial charge on any atom is 0.340 e. The van der Waals surface area contributed by atoms with Crippen molar-refractivity contribution in [2.75, 3.05) is 6.61 Å². The van der Waals surface area contributed by atoms with Crippen LogP contribution in [-0.2, 0) is 16.1 Å². The number of aliphatic carboxylic acids is 1. The largest absolute Gasteiger partial charge is 0.491 e. The maximum absolute atomic E-state index is 12.9. The first kappa shape index (κ1) is 20.4. The topological polar surface area (TPSA) is 84.7 Å². The summed E-state index contributed by atoms with van der Waals surface area (Å²) < 4.78 is 7.93. The van der Waals surface area contributed by atoms with Crippen LogP contribution in [0.1, 0.15) is 52.8 Å². The average molecular weight is 412 g/mol. The number of Topliss-reactive ketones (excluding diaryl/α,β-unsaturated/α-hetero) is 1. The Labute approximate surface area is 176 Å². The van der Waals surface area contributed by atoms with E-state index in [0.29, 0.717) is 13.2 Å². The number of aromatic nitrogens is 2. The summed E-state index contributed by atoms with van der Waals surface area (Å²) in [6, 6.07) is 5.60. The normalized spacial score (nSPS) is 23.8. The van der Waals surface area contributed by atoms with Gasteiger partial charge in [0, 0.05) is 17.5 Å². The van der Waals surface area contributed by atoms with Crippen molar-refractivity contribution in [3.63, 3.8) is 0 Å². The first-order valence-corrected chi connectivity index (χ1v) is 10.5. The van der Waals surface area contributed by atoms with Crippen LogP contribution >= 0.6 is 0 Å². The van der Waals surface area contributed by atoms with Crippen LogP contribution in [0.2, 0.25) is 0 Å². The van der Waals surface area contributed by atoms with Crippen molar-refractivity contribution in [3.05, 3.63) is 35.7 Å². The van der Waals surface area contributed by atoms with Crippen LogP contribution in [-0.4, -0.2) is 44.2 Å². The summed E-state index contributed by atoms with van der Waals surface area (Å²) in [5.41, 5.74) is 1.46. The van der Waals surface area contributed by atoms with E-state index < -0.39 is 11.9 Å². The summed E-state index contributed by atoms with van der Waals surface area (Å²) in [5, 5.41) is 15.4. The third kappa shape index (κ3) is 3.07. The first-order valence-electron chi connectivity index (χ1n) is 10.5. The molecule has 1 aromatic heterocycles. The van der Waals surface area contributed by atoms with Gasteiger partial charge in [0.2, 0.25) is 0 Å². The molecule has 0 aliphatic carbocycles. The number of ketones is 1. The fourth-order valence-corrected chi connectivity index (χ4v) is 4.67. The zero-order valence-electron chi connectivity index (χ0n) is 18.2. The molecule has 1 aromatic carbocycles. The van der Waals surface area contributed by atoms with Gasteiger partial charge in [-0.25, -0.2) is 4.79 Å². The van der Waals surface area contributed by atoms with E-state index >= 15 is 0 Å². The van der Waals surface area contributed by atoms with Crippen LogP contribution in [0.3, 0.4) is 0 Å². The number of benzene rings is 1. The third-order valence-electron chi connectivity index (χ3n) is 6.20. The van der Waals surface area contributed by atoms with Crippen LogP contribution in [0.5, 0.6) is 5.75 Å². The zero-order chi connectivity index (χ0) is 21.8. The number of hydrogen-bond acceptors (Lipinski definition) is 5. The Morgan fingerprint density at radius 1 is 1.33 bits per heavy atom. The van der Waals surface area contributed by atoms with E-state index in [1.165, 1.54) is 0 Å². The lowest BCUT2D eigenvalue weighted by Gasteiger charge is -2.50. The standard InChI is InChI=1S/C23H29N3O4/c1-6-10-30-16-9-7-8-14-18(16)24-26-12-17(23(3,4)5)25-11-15(22(28)29)21(27)13(2)19(25)20(14)26/h7-9,11,13,17,19H,6,10,12H2,1-5H3,(H,28,29)/t13-,17+,19+/m0/s1. The smallest absolute Gasteiger partial charge is 0.340 e. The second-order valence-corrected chi connectivity index (χ2v) is 9.34. The molecule has 160 valence electrons. The quantitative estimate of drug-likeness (QED) is 0.771. The number of hydrogen-bond donors (Lipinski definition) is 1. The molecule has 0 saturated carbocycles. The molecule has 30 heavy (non-hydrogen) atoms. The highest BCUT2D eigenvalue weighted by Gasteiger charge is 2.48. The molecule has 0 fully saturated rings. The number of nitrogens with zero attached hydrogens (tertiary/aromatic N) is 3. The van der Waals surface area contributed by atoms with Gasteiger partial charge in [-0.2, -0.15) is 5.10 Å². The Kier molecular flexibility index (Phi) is 4.87. The Hall–Kier alpha value is -2.83. The number of carbonyl (C=O) groups excluding carboxylic acids is 1. The predicted molar refractivity (Wildman–Crippen MR) is 113 cm³/mol. The Morgan fingerprint density at radius 2 is 2.07 bits per heavy atom. The Balaban J connectivity index is 1.94. The van der Waals surface area contributed by atoms with Gasteiger partial charge >= 0.3 is 5.97 Å². The molecule has 0 unspecified atom stereocenters. The highest BCUT2D eigenvalue weighted by atomic mass is 16.5. The third-order valence-corrected chi connectivity index (χ3v) is 6.20. The predicted octanol–water partition coefficient (Wildman–Crippen LogP) is 3.78. The van der Waals surface area contributed by atoms with Crippen molar-refractivity contribution in [2.24, 2.45) is 11.3 Å². The molecule has 2 aliphatic heterocycles. The van der Waals surface area contributed by atoms with Gasteiger partial charge in [-0.05, 0) is 17.9 Å². The number of ether oxygens (including phenoxy) is 1. The van der Waals surface area contributed by atoms with Crippen molar-refractivity contribution < 1.29 is 19.4 Å². The van der Waals surface area contributed by atoms with Gasteiger partial charge in [-0.3, -0.25) is 9.48 Å². The monoisotopic (exact) mass is 411 g/mol. The van der Waals surface area contributed by atoms with Crippen LogP contribution in [0.15, 0.2) is 30.0 Å². The molecule has 1 N–H and O–H groups in total. The fraction of sp³-hybridized carbons (Fsp3) is 0.522. The lowest BCUT2D eigenvalue weighted by atomic mass is 9.77. The summed E-state index contributed by atoms with van der Waals surface area (Å²) in [7, 11) is 0. The molecular weight excluding hydrogens is 382 g/mol. The molecule has 0 radical (unpaired) electrons. The fourth-order valence-electron chi connectivity index (χ4n) is 4.67. The van der Waals surface area contributed by atoms with Gasteiger partial charge in [0.15, 0.2) is 5.78 Å². The number of carboxylic acids is 1. The second kappa shape index (κ2) is 7.15. The summed E-state index contributed by atoms with van der Waals surface area (Å²) >= 11 is 0. The second-order valence-electron chi connectivity index (χ2n) is 9.34. The van der Waals surface area contributed by atoms with Crippen LogP contribution in [0.4, 0.5) is 0 Å². The lowest BCUT2D eigenvalue weighted by Crippen LogP contribution is -2.54. The first-order chi connectivity index (χ1) is 14.1. The summed E-state index contributed by atoms with van der Waals surface area (Å²) in [6.45, 7) is 11.5. The van der Waals surface area contributed by atoms with Crippen LogP contribution < -0.4 is 4.74 Å². The van der Waals surface area contributed by atoms with E-state index in [9.17, 15) is 14.7 Å². The minimum Gasteiger partial charge on any atom is -0.491 e. The van der Waals surface area contributed by atoms with E-state index in [4.69, 9.17) is 9.84 Å². The van der Waals surface area contributed by atoms with E-state index in [-0.39, 0.29) is 28.9 Å². The summed E-state index contributed by atoms with van der Waals surface area (Å²) in [5.74, 6) is -1.26. The molecule has 0 bridgehead atoms. The van der Waals surface area contributed by atoms with Crippen LogP contribution in [0, 0.1) is 11.3 Å². The highest BCUT2D eigenvalue weighted by molar-refractivity contribution is 6.18. The van der Waals surface area contributed by atoms with Crippen LogP contribution in [0.25, 0.3) is 10.9 Å². The number of carboxylic acid groups (broad SMARTS) is 1. The molecule has 7 nitrogen and oxygen atoms in total. The molecular formula is C23H29N3O4. The molecule has 3 atom stereocenters. The van der Waals surface area contributed by atoms with Crippen molar-refractivity contribution in [1.29, 1.82) is 0 Å². The molecule has 4 rings (SSSR count). The molecule has 3 heterocycles. The van der Waals surface area contributed by atoms with E-state index in [2.05, 4.69) is 32.6 Å². The molecule has 0 amide bonds. The number of carbonyl (C=O) groups is 2. The van der Waals surface area contributed by atoms with Gasteiger partial charge in [0.05, 0.1) is 30.9 Å². The minimum absolute atomic E-state index is 0.00535. The maximum atomic E-state index is 12.9. The van der Waals surface area contributed by atoms with E-state index in [1.54, 1.807) is 6.20 Å². The SMILES string of the molecule is CCCOc1cccc2c3n(nc12)C[C@H](C(C)(C)C)N1C=C(C(=O)O)C(=O)[C@@H](C)[C@H]31. The zero-order valence-corrected chi connectivity index (χ0v) is 18.2. The lowest BCUT2D eigenvalue weighted by molar-refractivity contribution is -0.137. The molecule has 2 aromatic rings. The molecule has 2 aliphatic rings. The van der Waals surface area contributed by atoms with Gasteiger partial charge in [-0.15, -0.1) is 0 Å². The van der Waals surface area contributed by atoms with Crippen molar-refractivity contribution in [3.8, 4) is 5.75 Å². The van der Waals surface area contributed by atoms with Crippen molar-refractivity contribution in [1.82, 2.24) is 14.7 Å². The van der Waals surface area contributed by atoms with Gasteiger partial charge < -0.3 is 14.7 Å². The van der Waals surface area contributed by atoms with E-state index in [1.807, 2.05) is 29.8 Å². The van der Waals surface area contributed by atoms with E-state index in [0.717, 1.165) is 28.8 Å². The van der Waals surface area contributed by atoms with Crippen molar-refractivity contribution in [2.45, 2.75) is 59.7 Å².